The summed E-state index contributed by atoms with van der Waals surface area (Å²) in [6.07, 6.45) is 1.22. The summed E-state index contributed by atoms with van der Waals surface area (Å²) in [4.78, 5) is 26.2. The lowest BCUT2D eigenvalue weighted by molar-refractivity contribution is -0.149. The van der Waals surface area contributed by atoms with E-state index >= 15 is 0 Å². The zero-order valence-electron chi connectivity index (χ0n) is 16.2. The minimum Gasteiger partial charge on any atom is -0.468 e. The van der Waals surface area contributed by atoms with Crippen LogP contribution in [-0.4, -0.2) is 23.4 Å². The average molecular weight is 403 g/mol. The smallest absolute Gasteiger partial charge is 0.316 e. The maximum atomic E-state index is 11.9. The van der Waals surface area contributed by atoms with Gasteiger partial charge in [0.1, 0.15) is 11.7 Å². The molecule has 2 aromatic carbocycles. The predicted molar refractivity (Wildman–Crippen MR) is 113 cm³/mol. The van der Waals surface area contributed by atoms with Crippen molar-refractivity contribution in [1.29, 1.82) is 0 Å². The number of rotatable bonds is 9. The summed E-state index contributed by atoms with van der Waals surface area (Å²) >= 11 is 3.58. The van der Waals surface area contributed by atoms with E-state index in [9.17, 15) is 9.59 Å². The van der Waals surface area contributed by atoms with Crippen molar-refractivity contribution in [3.63, 3.8) is 0 Å². The van der Waals surface area contributed by atoms with E-state index in [1.807, 2.05) is 24.3 Å². The van der Waals surface area contributed by atoms with E-state index in [0.717, 1.165) is 6.42 Å². The summed E-state index contributed by atoms with van der Waals surface area (Å²) in [5.41, 5.74) is 2.46. The molecule has 0 aromatic heterocycles. The number of ketones is 1. The van der Waals surface area contributed by atoms with Gasteiger partial charge >= 0.3 is 5.97 Å². The first-order valence-electron chi connectivity index (χ1n) is 8.95. The second kappa shape index (κ2) is 10.6. The number of thioether (sulfide) groups is 2. The van der Waals surface area contributed by atoms with E-state index in [1.54, 1.807) is 23.5 Å². The molecule has 0 spiro atoms. The molecule has 2 rings (SSSR count). The van der Waals surface area contributed by atoms with Crippen LogP contribution >= 0.6 is 23.5 Å². The van der Waals surface area contributed by atoms with Gasteiger partial charge in [0.15, 0.2) is 0 Å². The van der Waals surface area contributed by atoms with Crippen molar-refractivity contribution < 1.29 is 14.3 Å². The third-order valence-electron chi connectivity index (χ3n) is 4.37. The molecule has 5 heteroatoms. The summed E-state index contributed by atoms with van der Waals surface area (Å²) in [6, 6.07) is 16.6. The van der Waals surface area contributed by atoms with Crippen LogP contribution in [0.25, 0.3) is 0 Å². The van der Waals surface area contributed by atoms with Crippen molar-refractivity contribution in [2.75, 3.05) is 7.11 Å². The monoisotopic (exact) mass is 402 g/mol. The normalized spacial score (nSPS) is 12.0. The molecule has 0 radical (unpaired) electrons. The first kappa shape index (κ1) is 21.6. The Balaban J connectivity index is 2.18. The van der Waals surface area contributed by atoms with E-state index in [0.29, 0.717) is 6.42 Å². The largest absolute Gasteiger partial charge is 0.468 e. The Bertz CT molecular complexity index is 741. The highest BCUT2D eigenvalue weighted by atomic mass is 32.2. The number of carbonyl (C=O) groups is 2. The van der Waals surface area contributed by atoms with Crippen LogP contribution in [0.5, 0.6) is 0 Å². The SMILES string of the molecule is COC(=O)C(CCC(Sc1ccccc1C)Sc1ccccc1C)C(C)=O. The Kier molecular flexibility index (Phi) is 8.45. The molecule has 0 fully saturated rings. The van der Waals surface area contributed by atoms with Gasteiger partial charge in [0.05, 0.1) is 11.7 Å². The molecule has 1 atom stereocenters. The highest BCUT2D eigenvalue weighted by Crippen LogP contribution is 2.41. The lowest BCUT2D eigenvalue weighted by Crippen LogP contribution is -2.24. The van der Waals surface area contributed by atoms with Crippen molar-refractivity contribution in [2.45, 2.75) is 48.0 Å². The number of Topliss-reactive ketones (excluding diaryl/α,β-unsaturated/α-hetero) is 1. The molecular weight excluding hydrogens is 376 g/mol. The fraction of sp³-hybridized carbons (Fsp3) is 0.364. The van der Waals surface area contributed by atoms with E-state index < -0.39 is 11.9 Å². The fourth-order valence-corrected chi connectivity index (χ4v) is 5.45. The molecule has 2 aromatic rings. The number of hydrogen-bond acceptors (Lipinski definition) is 5. The minimum atomic E-state index is -0.688. The molecular formula is C22H26O3S2. The molecule has 0 aliphatic heterocycles. The fourth-order valence-electron chi connectivity index (χ4n) is 2.73. The van der Waals surface area contributed by atoms with E-state index in [2.05, 4.69) is 38.1 Å². The van der Waals surface area contributed by atoms with Gasteiger partial charge in [-0.2, -0.15) is 0 Å². The van der Waals surface area contributed by atoms with Gasteiger partial charge in [-0.25, -0.2) is 0 Å². The lowest BCUT2D eigenvalue weighted by Gasteiger charge is -2.20. The minimum absolute atomic E-state index is 0.137. The second-order valence-electron chi connectivity index (χ2n) is 6.46. The maximum Gasteiger partial charge on any atom is 0.316 e. The van der Waals surface area contributed by atoms with Crippen molar-refractivity contribution in [3.8, 4) is 0 Å². The lowest BCUT2D eigenvalue weighted by atomic mass is 10.00. The topological polar surface area (TPSA) is 43.4 Å². The number of ether oxygens (including phenoxy) is 1. The molecule has 0 aliphatic carbocycles. The molecule has 0 saturated carbocycles. The van der Waals surface area contributed by atoms with E-state index in [4.69, 9.17) is 4.74 Å². The van der Waals surface area contributed by atoms with Crippen molar-refractivity contribution in [2.24, 2.45) is 5.92 Å². The number of esters is 1. The average Bonchev–Trinajstić information content (AvgIpc) is 2.64. The van der Waals surface area contributed by atoms with Crippen LogP contribution in [0.4, 0.5) is 0 Å². The Morgan fingerprint density at radius 3 is 1.78 bits per heavy atom. The number of aryl methyl sites for hydroxylation is 2. The van der Waals surface area contributed by atoms with Crippen LogP contribution in [0.3, 0.4) is 0 Å². The van der Waals surface area contributed by atoms with Gasteiger partial charge in [0, 0.05) is 9.79 Å². The molecule has 27 heavy (non-hydrogen) atoms. The number of hydrogen-bond donors (Lipinski definition) is 0. The number of methoxy groups -OCH3 is 1. The van der Waals surface area contributed by atoms with Crippen LogP contribution < -0.4 is 0 Å². The van der Waals surface area contributed by atoms with Gasteiger partial charge in [0.2, 0.25) is 0 Å². The van der Waals surface area contributed by atoms with Crippen molar-refractivity contribution in [1.82, 2.24) is 0 Å². The number of carbonyl (C=O) groups excluding carboxylic acids is 2. The van der Waals surface area contributed by atoms with Crippen molar-refractivity contribution >= 4 is 35.3 Å². The van der Waals surface area contributed by atoms with E-state index in [-0.39, 0.29) is 10.4 Å². The Labute approximate surface area is 170 Å². The molecule has 144 valence electrons. The van der Waals surface area contributed by atoms with Crippen LogP contribution in [0, 0.1) is 19.8 Å². The molecule has 0 N–H and O–H groups in total. The summed E-state index contributed by atoms with van der Waals surface area (Å²) in [5.74, 6) is -1.27. The van der Waals surface area contributed by atoms with Crippen LogP contribution in [0.2, 0.25) is 0 Å². The summed E-state index contributed by atoms with van der Waals surface area (Å²) < 4.78 is 5.00. The third-order valence-corrected chi connectivity index (χ3v) is 7.37. The molecule has 0 bridgehead atoms. The highest BCUT2D eigenvalue weighted by molar-refractivity contribution is 8.17. The number of benzene rings is 2. The summed E-state index contributed by atoms with van der Waals surface area (Å²) in [6.45, 7) is 5.66. The Morgan fingerprint density at radius 1 is 0.889 bits per heavy atom. The summed E-state index contributed by atoms with van der Waals surface area (Å²) in [7, 11) is 1.33. The van der Waals surface area contributed by atoms with Crippen LogP contribution in [0.1, 0.15) is 30.9 Å². The Hall–Kier alpha value is -1.72. The van der Waals surface area contributed by atoms with Gasteiger partial charge in [0.25, 0.3) is 0 Å². The van der Waals surface area contributed by atoms with Gasteiger partial charge in [-0.1, -0.05) is 36.4 Å². The molecule has 0 amide bonds. The molecule has 0 saturated heterocycles. The first-order chi connectivity index (χ1) is 12.9. The summed E-state index contributed by atoms with van der Waals surface area (Å²) in [5, 5.41) is 0. The molecule has 0 aliphatic rings. The zero-order chi connectivity index (χ0) is 19.8. The standard InChI is InChI=1S/C22H26O3S2/c1-15-9-5-7-11-19(15)26-21(27-20-12-8-6-10-16(20)2)14-13-18(17(3)23)22(24)25-4/h5-12,18,21H,13-14H2,1-4H3. The van der Waals surface area contributed by atoms with Gasteiger partial charge in [-0.3, -0.25) is 9.59 Å². The molecule has 1 unspecified atom stereocenters. The van der Waals surface area contributed by atoms with Crippen LogP contribution in [0.15, 0.2) is 58.3 Å². The zero-order valence-corrected chi connectivity index (χ0v) is 17.9. The third kappa shape index (κ3) is 6.43. The van der Waals surface area contributed by atoms with Gasteiger partial charge in [-0.05, 0) is 56.9 Å². The van der Waals surface area contributed by atoms with Gasteiger partial charge < -0.3 is 4.74 Å². The quantitative estimate of drug-likeness (QED) is 0.234. The predicted octanol–water partition coefficient (Wildman–Crippen LogP) is 5.67. The van der Waals surface area contributed by atoms with Crippen molar-refractivity contribution in [3.05, 3.63) is 59.7 Å². The van der Waals surface area contributed by atoms with Gasteiger partial charge in [-0.15, -0.1) is 23.5 Å². The second-order valence-corrected chi connectivity index (χ2v) is 9.25. The van der Waals surface area contributed by atoms with Crippen LogP contribution in [-0.2, 0) is 14.3 Å². The van der Waals surface area contributed by atoms with E-state index in [1.165, 1.54) is 35.0 Å². The molecule has 3 nitrogen and oxygen atoms in total. The molecule has 0 heterocycles. The highest BCUT2D eigenvalue weighted by Gasteiger charge is 2.26. The maximum absolute atomic E-state index is 11.9. The first-order valence-corrected chi connectivity index (χ1v) is 10.7. The Morgan fingerprint density at radius 2 is 1.37 bits per heavy atom.